The van der Waals surface area contributed by atoms with Crippen molar-refractivity contribution < 1.29 is 19.1 Å². The lowest BCUT2D eigenvalue weighted by atomic mass is 10.2. The van der Waals surface area contributed by atoms with Gasteiger partial charge in [0.05, 0.1) is 14.2 Å². The summed E-state index contributed by atoms with van der Waals surface area (Å²) in [5.74, 6) is 1.04. The van der Waals surface area contributed by atoms with Gasteiger partial charge in [0.1, 0.15) is 6.54 Å². The van der Waals surface area contributed by atoms with Gasteiger partial charge < -0.3 is 24.6 Å². The highest BCUT2D eigenvalue weighted by molar-refractivity contribution is 5.96. The number of ether oxygens (including phenoxy) is 2. The third kappa shape index (κ3) is 5.26. The Bertz CT molecular complexity index is 649. The van der Waals surface area contributed by atoms with Crippen molar-refractivity contribution in [3.8, 4) is 11.5 Å². The van der Waals surface area contributed by atoms with Crippen LogP contribution in [-0.2, 0) is 4.79 Å². The highest BCUT2D eigenvalue weighted by atomic mass is 16.5. The monoisotopic (exact) mass is 378 g/mol. The number of rotatable bonds is 10. The van der Waals surface area contributed by atoms with Crippen molar-refractivity contribution in [3.63, 3.8) is 0 Å². The molecule has 8 nitrogen and oxygen atoms in total. The molecule has 150 valence electrons. The fourth-order valence-electron chi connectivity index (χ4n) is 3.08. The summed E-state index contributed by atoms with van der Waals surface area (Å²) in [5, 5.41) is 2.89. The van der Waals surface area contributed by atoms with Crippen molar-refractivity contribution in [2.75, 3.05) is 64.9 Å². The minimum absolute atomic E-state index is 0.0703. The van der Waals surface area contributed by atoms with Crippen LogP contribution in [0.15, 0.2) is 18.2 Å². The van der Waals surface area contributed by atoms with Crippen LogP contribution in [0.25, 0.3) is 0 Å². The van der Waals surface area contributed by atoms with E-state index < -0.39 is 0 Å². The molecule has 1 aliphatic rings. The van der Waals surface area contributed by atoms with Crippen molar-refractivity contribution in [3.05, 3.63) is 18.2 Å². The standard InChI is InChI=1S/C19H30N4O4/c1-5-21(6-2)10-9-20-18(24)14-22-11-12-23(19(22)25)15-7-8-16(26-3)17(13-15)27-4/h7-8,13H,5-6,9-12,14H2,1-4H3,(H,20,24). The maximum Gasteiger partial charge on any atom is 0.325 e. The first-order valence-corrected chi connectivity index (χ1v) is 9.31. The molecule has 1 N–H and O–H groups in total. The maximum absolute atomic E-state index is 12.7. The summed E-state index contributed by atoms with van der Waals surface area (Å²) in [5.41, 5.74) is 0.724. The number of amides is 3. The zero-order chi connectivity index (χ0) is 19.8. The van der Waals surface area contributed by atoms with Crippen LogP contribution < -0.4 is 19.7 Å². The zero-order valence-corrected chi connectivity index (χ0v) is 16.7. The number of nitrogens with one attached hydrogen (secondary N) is 1. The van der Waals surface area contributed by atoms with E-state index in [1.54, 1.807) is 36.2 Å². The third-order valence-corrected chi connectivity index (χ3v) is 4.75. The van der Waals surface area contributed by atoms with Gasteiger partial charge >= 0.3 is 6.03 Å². The molecule has 8 heteroatoms. The Morgan fingerprint density at radius 2 is 1.85 bits per heavy atom. The number of hydrogen-bond acceptors (Lipinski definition) is 5. The molecule has 1 saturated heterocycles. The van der Waals surface area contributed by atoms with E-state index in [1.807, 2.05) is 6.07 Å². The van der Waals surface area contributed by atoms with Crippen LogP contribution in [0, 0.1) is 0 Å². The van der Waals surface area contributed by atoms with E-state index in [4.69, 9.17) is 9.47 Å². The Morgan fingerprint density at radius 3 is 2.48 bits per heavy atom. The van der Waals surface area contributed by atoms with Crippen molar-refractivity contribution in [1.82, 2.24) is 15.1 Å². The summed E-state index contributed by atoms with van der Waals surface area (Å²) in [4.78, 5) is 30.3. The quantitative estimate of drug-likeness (QED) is 0.666. The Hall–Kier alpha value is -2.48. The molecule has 0 saturated carbocycles. The molecule has 3 amide bonds. The fourth-order valence-corrected chi connectivity index (χ4v) is 3.08. The molecule has 0 radical (unpaired) electrons. The van der Waals surface area contributed by atoms with E-state index in [0.29, 0.717) is 31.1 Å². The molecule has 27 heavy (non-hydrogen) atoms. The Morgan fingerprint density at radius 1 is 1.15 bits per heavy atom. The molecule has 0 aromatic heterocycles. The lowest BCUT2D eigenvalue weighted by molar-refractivity contribution is -0.121. The number of likely N-dealkylation sites (N-methyl/N-ethyl adjacent to an activating group) is 1. The van der Waals surface area contributed by atoms with Gasteiger partial charge in [0, 0.05) is 37.9 Å². The number of benzene rings is 1. The van der Waals surface area contributed by atoms with Crippen LogP contribution in [0.4, 0.5) is 10.5 Å². The summed E-state index contributed by atoms with van der Waals surface area (Å²) < 4.78 is 10.5. The average Bonchev–Trinajstić information content (AvgIpc) is 3.04. The normalized spacial score (nSPS) is 14.0. The van der Waals surface area contributed by atoms with Crippen LogP contribution in [0.2, 0.25) is 0 Å². The second-order valence-electron chi connectivity index (χ2n) is 6.27. The molecule has 0 spiro atoms. The fraction of sp³-hybridized carbons (Fsp3) is 0.579. The first-order chi connectivity index (χ1) is 13.0. The topological polar surface area (TPSA) is 74.4 Å². The van der Waals surface area contributed by atoms with Gasteiger partial charge in [-0.3, -0.25) is 9.69 Å². The zero-order valence-electron chi connectivity index (χ0n) is 16.7. The minimum Gasteiger partial charge on any atom is -0.493 e. The van der Waals surface area contributed by atoms with Gasteiger partial charge in [0.25, 0.3) is 0 Å². The van der Waals surface area contributed by atoms with Crippen LogP contribution in [0.3, 0.4) is 0 Å². The summed E-state index contributed by atoms with van der Waals surface area (Å²) in [6.07, 6.45) is 0. The molecule has 0 atom stereocenters. The van der Waals surface area contributed by atoms with E-state index in [-0.39, 0.29) is 18.5 Å². The summed E-state index contributed by atoms with van der Waals surface area (Å²) >= 11 is 0. The van der Waals surface area contributed by atoms with Crippen LogP contribution >= 0.6 is 0 Å². The van der Waals surface area contributed by atoms with E-state index in [9.17, 15) is 9.59 Å². The van der Waals surface area contributed by atoms with E-state index in [2.05, 4.69) is 24.1 Å². The molecular formula is C19H30N4O4. The minimum atomic E-state index is -0.180. The number of anilines is 1. The van der Waals surface area contributed by atoms with Crippen molar-refractivity contribution in [2.24, 2.45) is 0 Å². The number of urea groups is 1. The third-order valence-electron chi connectivity index (χ3n) is 4.75. The second kappa shape index (κ2) is 10.0. The van der Waals surface area contributed by atoms with E-state index in [1.165, 1.54) is 0 Å². The average molecular weight is 378 g/mol. The predicted octanol–water partition coefficient (Wildman–Crippen LogP) is 1.40. The van der Waals surface area contributed by atoms with E-state index in [0.717, 1.165) is 25.3 Å². The van der Waals surface area contributed by atoms with Gasteiger partial charge in [0.2, 0.25) is 5.91 Å². The Balaban J connectivity index is 1.90. The SMILES string of the molecule is CCN(CC)CCNC(=O)CN1CCN(c2ccc(OC)c(OC)c2)C1=O. The van der Waals surface area contributed by atoms with Crippen LogP contribution in [-0.4, -0.2) is 81.8 Å². The molecule has 0 bridgehead atoms. The first-order valence-electron chi connectivity index (χ1n) is 9.31. The van der Waals surface area contributed by atoms with Crippen molar-refractivity contribution in [2.45, 2.75) is 13.8 Å². The van der Waals surface area contributed by atoms with Gasteiger partial charge in [-0.1, -0.05) is 13.8 Å². The molecule has 1 aromatic rings. The van der Waals surface area contributed by atoms with Crippen LogP contribution in [0.1, 0.15) is 13.8 Å². The summed E-state index contributed by atoms with van der Waals surface area (Å²) in [6, 6.07) is 5.17. The van der Waals surface area contributed by atoms with Gasteiger partial charge in [0.15, 0.2) is 11.5 Å². The highest BCUT2D eigenvalue weighted by Crippen LogP contribution is 2.32. The maximum atomic E-state index is 12.7. The summed E-state index contributed by atoms with van der Waals surface area (Å²) in [7, 11) is 3.13. The van der Waals surface area contributed by atoms with Gasteiger partial charge in [-0.15, -0.1) is 0 Å². The summed E-state index contributed by atoms with van der Waals surface area (Å²) in [6.45, 7) is 8.60. The number of methoxy groups -OCH3 is 2. The van der Waals surface area contributed by atoms with Crippen molar-refractivity contribution >= 4 is 17.6 Å². The molecular weight excluding hydrogens is 348 g/mol. The van der Waals surface area contributed by atoms with Crippen molar-refractivity contribution in [1.29, 1.82) is 0 Å². The predicted molar refractivity (Wildman–Crippen MR) is 105 cm³/mol. The molecule has 0 aliphatic carbocycles. The van der Waals surface area contributed by atoms with Gasteiger partial charge in [-0.25, -0.2) is 4.79 Å². The molecule has 1 aromatic carbocycles. The number of hydrogen-bond donors (Lipinski definition) is 1. The van der Waals surface area contributed by atoms with Gasteiger partial charge in [-0.05, 0) is 25.2 Å². The number of carbonyl (C=O) groups excluding carboxylic acids is 2. The second-order valence-corrected chi connectivity index (χ2v) is 6.27. The molecule has 1 fully saturated rings. The van der Waals surface area contributed by atoms with Gasteiger partial charge in [-0.2, -0.15) is 0 Å². The lowest BCUT2D eigenvalue weighted by Crippen LogP contribution is -2.42. The van der Waals surface area contributed by atoms with Crippen LogP contribution in [0.5, 0.6) is 11.5 Å². The Labute approximate surface area is 161 Å². The number of nitrogens with zero attached hydrogens (tertiary/aromatic N) is 3. The Kier molecular flexibility index (Phi) is 7.72. The molecule has 0 unspecified atom stereocenters. The number of carbonyl (C=O) groups is 2. The van der Waals surface area contributed by atoms with E-state index >= 15 is 0 Å². The first kappa shape index (κ1) is 20.8. The molecule has 1 heterocycles. The molecule has 2 rings (SSSR count). The largest absolute Gasteiger partial charge is 0.493 e. The smallest absolute Gasteiger partial charge is 0.325 e. The highest BCUT2D eigenvalue weighted by Gasteiger charge is 2.31. The lowest BCUT2D eigenvalue weighted by Gasteiger charge is -2.20. The molecule has 1 aliphatic heterocycles.